The van der Waals surface area contributed by atoms with Gasteiger partial charge in [-0.1, -0.05) is 38.1 Å². The summed E-state index contributed by atoms with van der Waals surface area (Å²) in [6.07, 6.45) is 4.08. The number of nitrogens with two attached hydrogens (primary N) is 1. The van der Waals surface area contributed by atoms with E-state index in [-0.39, 0.29) is 42.7 Å². The first-order valence-corrected chi connectivity index (χ1v) is 9.83. The fourth-order valence-corrected chi connectivity index (χ4v) is 4.53. The second-order valence-corrected chi connectivity index (χ2v) is 8.44. The molecule has 1 amide bonds. The van der Waals surface area contributed by atoms with Crippen LogP contribution in [0.5, 0.6) is 0 Å². The first-order chi connectivity index (χ1) is 12.0. The van der Waals surface area contributed by atoms with Crippen molar-refractivity contribution in [1.29, 1.82) is 0 Å². The molecule has 1 aliphatic heterocycles. The van der Waals surface area contributed by atoms with Crippen LogP contribution in [0.15, 0.2) is 24.3 Å². The Hall–Kier alpha value is -0.810. The molecule has 0 radical (unpaired) electrons. The number of amides is 1. The number of nitrogens with zero attached hydrogens (tertiary/aromatic N) is 1. The highest BCUT2D eigenvalue weighted by Crippen LogP contribution is 2.24. The highest BCUT2D eigenvalue weighted by molar-refractivity contribution is 5.85. The summed E-state index contributed by atoms with van der Waals surface area (Å²) in [5.41, 5.74) is 8.42. The monoisotopic (exact) mass is 415 g/mol. The van der Waals surface area contributed by atoms with Crippen LogP contribution in [-0.4, -0.2) is 29.9 Å². The third kappa shape index (κ3) is 7.26. The van der Waals surface area contributed by atoms with Crippen molar-refractivity contribution in [3.8, 4) is 0 Å². The lowest BCUT2D eigenvalue weighted by Crippen LogP contribution is -2.38. The van der Waals surface area contributed by atoms with Crippen molar-refractivity contribution < 1.29 is 4.79 Å². The Morgan fingerprint density at radius 2 is 1.63 bits per heavy atom. The quantitative estimate of drug-likeness (QED) is 0.769. The molecule has 154 valence electrons. The molecule has 3 N–H and O–H groups in total. The predicted octanol–water partition coefficient (Wildman–Crippen LogP) is 3.75. The van der Waals surface area contributed by atoms with Crippen LogP contribution in [0.3, 0.4) is 0 Å². The number of halogens is 2. The molecule has 2 fully saturated rings. The molecule has 1 heterocycles. The Morgan fingerprint density at radius 3 is 2.19 bits per heavy atom. The first kappa shape index (κ1) is 24.2. The molecule has 4 atom stereocenters. The van der Waals surface area contributed by atoms with E-state index in [4.69, 9.17) is 5.73 Å². The van der Waals surface area contributed by atoms with Gasteiger partial charge in [-0.05, 0) is 48.6 Å². The number of carbonyl (C=O) groups is 1. The van der Waals surface area contributed by atoms with Crippen LogP contribution in [0.1, 0.15) is 50.7 Å². The average Bonchev–Trinajstić information content (AvgIpc) is 2.99. The van der Waals surface area contributed by atoms with E-state index in [1.807, 2.05) is 0 Å². The maximum absolute atomic E-state index is 12.2. The van der Waals surface area contributed by atoms with Gasteiger partial charge in [-0.2, -0.15) is 0 Å². The molecule has 3 rings (SSSR count). The lowest BCUT2D eigenvalue weighted by atomic mass is 9.91. The van der Waals surface area contributed by atoms with Crippen molar-refractivity contribution in [3.63, 3.8) is 0 Å². The van der Waals surface area contributed by atoms with Gasteiger partial charge in [0.15, 0.2) is 0 Å². The number of hydrogen-bond donors (Lipinski definition) is 2. The summed E-state index contributed by atoms with van der Waals surface area (Å²) in [5.74, 6) is 1.86. The molecule has 6 heteroatoms. The molecule has 0 bridgehead atoms. The average molecular weight is 416 g/mol. The summed E-state index contributed by atoms with van der Waals surface area (Å²) in [5, 5.41) is 3.07. The molecule has 1 aliphatic carbocycles. The standard InChI is InChI=1S/C21H33N3O.2ClH/c1-15-9-16(2)13-24(12-15)14-18-5-3-17(4-6-18)11-23-21(25)19-7-8-20(22)10-19;;/h3-6,15-16,19-20H,7-14,22H2,1-2H3,(H,23,25);2*1H. The second kappa shape index (κ2) is 11.3. The molecule has 27 heavy (non-hydrogen) atoms. The van der Waals surface area contributed by atoms with Crippen molar-refractivity contribution in [2.24, 2.45) is 23.5 Å². The van der Waals surface area contributed by atoms with Crippen molar-refractivity contribution in [2.75, 3.05) is 13.1 Å². The van der Waals surface area contributed by atoms with Gasteiger partial charge in [-0.3, -0.25) is 9.69 Å². The maximum atomic E-state index is 12.2. The molecule has 1 saturated heterocycles. The van der Waals surface area contributed by atoms with Gasteiger partial charge in [0.25, 0.3) is 0 Å². The van der Waals surface area contributed by atoms with Crippen LogP contribution in [0, 0.1) is 17.8 Å². The number of hydrogen-bond acceptors (Lipinski definition) is 3. The number of nitrogens with one attached hydrogen (secondary N) is 1. The highest BCUT2D eigenvalue weighted by atomic mass is 35.5. The van der Waals surface area contributed by atoms with Crippen LogP contribution >= 0.6 is 24.8 Å². The fraction of sp³-hybridized carbons (Fsp3) is 0.667. The minimum atomic E-state index is 0. The number of benzene rings is 1. The number of rotatable bonds is 5. The van der Waals surface area contributed by atoms with Crippen LogP contribution in [0.25, 0.3) is 0 Å². The molecular weight excluding hydrogens is 381 g/mol. The zero-order chi connectivity index (χ0) is 17.8. The summed E-state index contributed by atoms with van der Waals surface area (Å²) in [4.78, 5) is 14.8. The Morgan fingerprint density at radius 1 is 1.04 bits per heavy atom. The van der Waals surface area contributed by atoms with Crippen LogP contribution < -0.4 is 11.1 Å². The van der Waals surface area contributed by atoms with Crippen LogP contribution in [-0.2, 0) is 17.9 Å². The van der Waals surface area contributed by atoms with Gasteiger partial charge in [-0.25, -0.2) is 0 Å². The fourth-order valence-electron chi connectivity index (χ4n) is 4.53. The van der Waals surface area contributed by atoms with E-state index in [9.17, 15) is 4.79 Å². The van der Waals surface area contributed by atoms with Crippen LogP contribution in [0.2, 0.25) is 0 Å². The third-order valence-corrected chi connectivity index (χ3v) is 5.68. The summed E-state index contributed by atoms with van der Waals surface area (Å²) in [6.45, 7) is 8.75. The van der Waals surface area contributed by atoms with Gasteiger partial charge in [0.1, 0.15) is 0 Å². The zero-order valence-corrected chi connectivity index (χ0v) is 18.2. The maximum Gasteiger partial charge on any atom is 0.223 e. The van der Waals surface area contributed by atoms with E-state index < -0.39 is 0 Å². The molecule has 1 saturated carbocycles. The smallest absolute Gasteiger partial charge is 0.223 e. The summed E-state index contributed by atoms with van der Waals surface area (Å²) < 4.78 is 0. The first-order valence-electron chi connectivity index (χ1n) is 9.83. The lowest BCUT2D eigenvalue weighted by Gasteiger charge is -2.35. The summed E-state index contributed by atoms with van der Waals surface area (Å²) >= 11 is 0. The summed E-state index contributed by atoms with van der Waals surface area (Å²) in [7, 11) is 0. The van der Waals surface area contributed by atoms with Crippen molar-refractivity contribution in [3.05, 3.63) is 35.4 Å². The van der Waals surface area contributed by atoms with Crippen molar-refractivity contribution in [2.45, 2.75) is 58.7 Å². The van der Waals surface area contributed by atoms with Gasteiger partial charge in [-0.15, -0.1) is 24.8 Å². The number of piperidine rings is 1. The van der Waals surface area contributed by atoms with Crippen LogP contribution in [0.4, 0.5) is 0 Å². The van der Waals surface area contributed by atoms with Gasteiger partial charge in [0, 0.05) is 38.1 Å². The van der Waals surface area contributed by atoms with Gasteiger partial charge >= 0.3 is 0 Å². The molecule has 2 aliphatic rings. The van der Waals surface area contributed by atoms with E-state index in [1.165, 1.54) is 30.6 Å². The largest absolute Gasteiger partial charge is 0.352 e. The predicted molar refractivity (Wildman–Crippen MR) is 116 cm³/mol. The van der Waals surface area contributed by atoms with Gasteiger partial charge in [0.05, 0.1) is 0 Å². The van der Waals surface area contributed by atoms with Gasteiger partial charge < -0.3 is 11.1 Å². The Kier molecular flexibility index (Phi) is 10.1. The Bertz CT molecular complexity index is 571. The normalized spacial score (nSPS) is 28.1. The van der Waals surface area contributed by atoms with E-state index in [1.54, 1.807) is 0 Å². The van der Waals surface area contributed by atoms with E-state index in [2.05, 4.69) is 48.3 Å². The van der Waals surface area contributed by atoms with E-state index in [0.717, 1.165) is 37.6 Å². The van der Waals surface area contributed by atoms with Gasteiger partial charge in [0.2, 0.25) is 5.91 Å². The number of likely N-dealkylation sites (tertiary alicyclic amines) is 1. The molecule has 1 aromatic rings. The molecule has 4 nitrogen and oxygen atoms in total. The summed E-state index contributed by atoms with van der Waals surface area (Å²) in [6, 6.07) is 8.91. The molecule has 0 spiro atoms. The molecule has 1 aromatic carbocycles. The lowest BCUT2D eigenvalue weighted by molar-refractivity contribution is -0.125. The molecular formula is C21H35Cl2N3O. The van der Waals surface area contributed by atoms with E-state index >= 15 is 0 Å². The zero-order valence-electron chi connectivity index (χ0n) is 16.5. The minimum Gasteiger partial charge on any atom is -0.352 e. The SMILES string of the molecule is CC1CC(C)CN(Cc2ccc(CNC(=O)C3CCC(N)C3)cc2)C1.Cl.Cl. The minimum absolute atomic E-state index is 0. The second-order valence-electron chi connectivity index (χ2n) is 8.44. The molecule has 4 unspecified atom stereocenters. The Balaban J connectivity index is 0.00000182. The third-order valence-electron chi connectivity index (χ3n) is 5.68. The molecule has 0 aromatic heterocycles. The Labute approximate surface area is 176 Å². The van der Waals surface area contributed by atoms with Crippen molar-refractivity contribution >= 4 is 30.7 Å². The topological polar surface area (TPSA) is 58.4 Å². The number of carbonyl (C=O) groups excluding carboxylic acids is 1. The van der Waals surface area contributed by atoms with E-state index in [0.29, 0.717) is 6.54 Å². The van der Waals surface area contributed by atoms with Crippen molar-refractivity contribution in [1.82, 2.24) is 10.2 Å². The highest BCUT2D eigenvalue weighted by Gasteiger charge is 2.27.